The number of hydrogen-bond acceptors (Lipinski definition) is 6. The lowest BCUT2D eigenvalue weighted by atomic mass is 9.93. The van der Waals surface area contributed by atoms with Gasteiger partial charge in [0, 0.05) is 13.2 Å². The number of nitrogens with one attached hydrogen (secondary N) is 1. The smallest absolute Gasteiger partial charge is 0.306 e. The second-order valence-electron chi connectivity index (χ2n) is 4.30. The number of aliphatic hydroxyl groups is 1. The lowest BCUT2D eigenvalue weighted by Crippen LogP contribution is -2.55. The van der Waals surface area contributed by atoms with Gasteiger partial charge in [0.05, 0.1) is 31.4 Å². The third-order valence-electron chi connectivity index (χ3n) is 2.93. The van der Waals surface area contributed by atoms with Crippen molar-refractivity contribution in [2.75, 3.05) is 32.7 Å². The second kappa shape index (κ2) is 6.46. The summed E-state index contributed by atoms with van der Waals surface area (Å²) in [6.07, 6.45) is 0.631. The molecule has 0 unspecified atom stereocenters. The quantitative estimate of drug-likeness (QED) is 0.606. The molecule has 18 heavy (non-hydrogen) atoms. The van der Waals surface area contributed by atoms with E-state index in [-0.39, 0.29) is 18.8 Å². The molecule has 0 aromatic heterocycles. The summed E-state index contributed by atoms with van der Waals surface area (Å²) < 4.78 is 35.6. The van der Waals surface area contributed by atoms with Crippen LogP contribution in [0.3, 0.4) is 0 Å². The maximum atomic E-state index is 11.8. The minimum absolute atomic E-state index is 0.205. The Hall–Kier alpha value is -0.700. The highest BCUT2D eigenvalue weighted by Crippen LogP contribution is 2.21. The van der Waals surface area contributed by atoms with Crippen molar-refractivity contribution in [2.24, 2.45) is 0 Å². The standard InChI is InChI=1S/C10H19NO6S/c1-16-9(13)2-7-18(14,15)11-10(8-12)3-5-17-6-4-10/h11-12H,2-8H2,1H3. The predicted octanol–water partition coefficient (Wildman–Crippen LogP) is -0.990. The Morgan fingerprint density at radius 1 is 1.44 bits per heavy atom. The summed E-state index contributed by atoms with van der Waals surface area (Å²) in [5.74, 6) is -0.923. The average Bonchev–Trinajstić information content (AvgIpc) is 2.36. The zero-order chi connectivity index (χ0) is 13.6. The molecule has 1 aliphatic heterocycles. The van der Waals surface area contributed by atoms with E-state index in [2.05, 4.69) is 9.46 Å². The normalized spacial score (nSPS) is 19.4. The van der Waals surface area contributed by atoms with Crippen molar-refractivity contribution in [3.8, 4) is 0 Å². The van der Waals surface area contributed by atoms with E-state index in [0.29, 0.717) is 26.1 Å². The van der Waals surface area contributed by atoms with Crippen LogP contribution in [0.4, 0.5) is 0 Å². The fraction of sp³-hybridized carbons (Fsp3) is 0.900. The van der Waals surface area contributed by atoms with Gasteiger partial charge in [-0.2, -0.15) is 0 Å². The molecule has 1 fully saturated rings. The summed E-state index contributed by atoms with van der Waals surface area (Å²) in [7, 11) is -2.42. The van der Waals surface area contributed by atoms with Gasteiger partial charge in [-0.3, -0.25) is 4.79 Å². The van der Waals surface area contributed by atoms with E-state index in [9.17, 15) is 18.3 Å². The monoisotopic (exact) mass is 281 g/mol. The van der Waals surface area contributed by atoms with E-state index >= 15 is 0 Å². The molecule has 8 heteroatoms. The molecule has 1 heterocycles. The Balaban J connectivity index is 2.59. The molecule has 0 atom stereocenters. The molecule has 1 aliphatic rings. The first-order valence-corrected chi connectivity index (χ1v) is 7.35. The Morgan fingerprint density at radius 2 is 2.06 bits per heavy atom. The number of esters is 1. The van der Waals surface area contributed by atoms with Crippen molar-refractivity contribution in [3.05, 3.63) is 0 Å². The zero-order valence-electron chi connectivity index (χ0n) is 10.3. The molecular formula is C10H19NO6S. The van der Waals surface area contributed by atoms with Crippen molar-refractivity contribution in [1.29, 1.82) is 0 Å². The Morgan fingerprint density at radius 3 is 2.56 bits per heavy atom. The van der Waals surface area contributed by atoms with Gasteiger partial charge in [0.2, 0.25) is 10.0 Å². The predicted molar refractivity (Wildman–Crippen MR) is 63.4 cm³/mol. The number of rotatable bonds is 6. The number of sulfonamides is 1. The van der Waals surface area contributed by atoms with Crippen LogP contribution >= 0.6 is 0 Å². The summed E-state index contributed by atoms with van der Waals surface area (Å²) in [5, 5.41) is 9.35. The lowest BCUT2D eigenvalue weighted by molar-refractivity contribution is -0.140. The van der Waals surface area contributed by atoms with Crippen LogP contribution in [0.25, 0.3) is 0 Å². The highest BCUT2D eigenvalue weighted by molar-refractivity contribution is 7.89. The van der Waals surface area contributed by atoms with Gasteiger partial charge >= 0.3 is 5.97 Å². The van der Waals surface area contributed by atoms with Gasteiger partial charge in [0.15, 0.2) is 0 Å². The summed E-state index contributed by atoms with van der Waals surface area (Å²) in [4.78, 5) is 10.9. The fourth-order valence-electron chi connectivity index (χ4n) is 1.76. The number of carbonyl (C=O) groups is 1. The largest absolute Gasteiger partial charge is 0.469 e. The highest BCUT2D eigenvalue weighted by atomic mass is 32.2. The van der Waals surface area contributed by atoms with Crippen LogP contribution in [-0.2, 0) is 24.3 Å². The molecule has 0 aromatic carbocycles. The van der Waals surface area contributed by atoms with Gasteiger partial charge in [-0.1, -0.05) is 0 Å². The van der Waals surface area contributed by atoms with Crippen LogP contribution in [0.1, 0.15) is 19.3 Å². The van der Waals surface area contributed by atoms with Gasteiger partial charge in [0.1, 0.15) is 0 Å². The molecule has 2 N–H and O–H groups in total. The van der Waals surface area contributed by atoms with Crippen LogP contribution in [0.2, 0.25) is 0 Å². The Bertz CT molecular complexity index is 374. The number of carbonyl (C=O) groups excluding carboxylic acids is 1. The molecule has 0 amide bonds. The summed E-state index contributed by atoms with van der Waals surface area (Å²) in [6, 6.07) is 0. The highest BCUT2D eigenvalue weighted by Gasteiger charge is 2.35. The lowest BCUT2D eigenvalue weighted by Gasteiger charge is -2.35. The maximum absolute atomic E-state index is 11.8. The maximum Gasteiger partial charge on any atom is 0.306 e. The van der Waals surface area contributed by atoms with Crippen molar-refractivity contribution in [1.82, 2.24) is 4.72 Å². The molecule has 1 saturated heterocycles. The van der Waals surface area contributed by atoms with Gasteiger partial charge in [-0.15, -0.1) is 0 Å². The number of methoxy groups -OCH3 is 1. The van der Waals surface area contributed by atoms with Crippen molar-refractivity contribution in [3.63, 3.8) is 0 Å². The molecule has 0 aromatic rings. The van der Waals surface area contributed by atoms with Gasteiger partial charge in [-0.05, 0) is 12.8 Å². The number of hydrogen-bond donors (Lipinski definition) is 2. The van der Waals surface area contributed by atoms with Gasteiger partial charge in [-0.25, -0.2) is 13.1 Å². The van der Waals surface area contributed by atoms with Crippen molar-refractivity contribution < 1.29 is 27.8 Å². The van der Waals surface area contributed by atoms with Crippen LogP contribution in [-0.4, -0.2) is 57.7 Å². The van der Waals surface area contributed by atoms with E-state index in [1.165, 1.54) is 7.11 Å². The first-order chi connectivity index (χ1) is 8.43. The third-order valence-corrected chi connectivity index (χ3v) is 4.41. The first-order valence-electron chi connectivity index (χ1n) is 5.70. The molecule has 0 saturated carbocycles. The SMILES string of the molecule is COC(=O)CCS(=O)(=O)NC1(CO)CCOCC1. The van der Waals surface area contributed by atoms with Gasteiger partial charge in [0.25, 0.3) is 0 Å². The van der Waals surface area contributed by atoms with Crippen LogP contribution < -0.4 is 4.72 Å². The van der Waals surface area contributed by atoms with E-state index in [0.717, 1.165) is 0 Å². The first kappa shape index (κ1) is 15.4. The molecule has 0 spiro atoms. The van der Waals surface area contributed by atoms with Crippen molar-refractivity contribution in [2.45, 2.75) is 24.8 Å². The van der Waals surface area contributed by atoms with E-state index < -0.39 is 21.5 Å². The fourth-order valence-corrected chi connectivity index (χ4v) is 3.22. The van der Waals surface area contributed by atoms with Crippen LogP contribution in [0.15, 0.2) is 0 Å². The summed E-state index contributed by atoms with van der Waals surface area (Å²) in [6.45, 7) is 0.522. The van der Waals surface area contributed by atoms with E-state index in [4.69, 9.17) is 4.74 Å². The molecule has 106 valence electrons. The van der Waals surface area contributed by atoms with Crippen molar-refractivity contribution >= 4 is 16.0 Å². The number of aliphatic hydroxyl groups excluding tert-OH is 1. The minimum atomic E-state index is -3.62. The molecular weight excluding hydrogens is 262 g/mol. The zero-order valence-corrected chi connectivity index (χ0v) is 11.2. The Labute approximate surface area is 107 Å². The topological polar surface area (TPSA) is 102 Å². The van der Waals surface area contributed by atoms with Crippen LogP contribution in [0, 0.1) is 0 Å². The Kier molecular flexibility index (Phi) is 5.51. The number of ether oxygens (including phenoxy) is 2. The average molecular weight is 281 g/mol. The molecule has 0 bridgehead atoms. The summed E-state index contributed by atoms with van der Waals surface area (Å²) in [5.41, 5.74) is -0.868. The molecule has 1 rings (SSSR count). The minimum Gasteiger partial charge on any atom is -0.469 e. The molecule has 7 nitrogen and oxygen atoms in total. The second-order valence-corrected chi connectivity index (χ2v) is 6.14. The molecule has 0 radical (unpaired) electrons. The summed E-state index contributed by atoms with van der Waals surface area (Å²) >= 11 is 0. The third kappa shape index (κ3) is 4.52. The van der Waals surface area contributed by atoms with Gasteiger partial charge < -0.3 is 14.6 Å². The van der Waals surface area contributed by atoms with E-state index in [1.54, 1.807) is 0 Å². The van der Waals surface area contributed by atoms with Crippen LogP contribution in [0.5, 0.6) is 0 Å². The van der Waals surface area contributed by atoms with E-state index in [1.807, 2.05) is 0 Å². The molecule has 0 aliphatic carbocycles.